The molecule has 0 atom stereocenters. The number of nitrogens with one attached hydrogen (secondary N) is 1. The summed E-state index contributed by atoms with van der Waals surface area (Å²) in [5, 5.41) is 11.0. The number of aryl methyl sites for hydroxylation is 1. The fourth-order valence-electron chi connectivity index (χ4n) is 1.52. The van der Waals surface area contributed by atoms with Gasteiger partial charge in [0, 0.05) is 13.1 Å². The lowest BCUT2D eigenvalue weighted by Gasteiger charge is -2.09. The van der Waals surface area contributed by atoms with E-state index in [0.29, 0.717) is 5.69 Å². The lowest BCUT2D eigenvalue weighted by atomic mass is 10.2. The van der Waals surface area contributed by atoms with Gasteiger partial charge in [-0.2, -0.15) is 0 Å². The molecule has 0 aliphatic rings. The number of rotatable bonds is 2. The Morgan fingerprint density at radius 1 is 1.31 bits per heavy atom. The minimum Gasteiger partial charge on any atom is -0.386 e. The third-order valence-electron chi connectivity index (χ3n) is 2.58. The van der Waals surface area contributed by atoms with Crippen LogP contribution in [0.2, 0.25) is 0 Å². The maximum Gasteiger partial charge on any atom is 0.125 e. The van der Waals surface area contributed by atoms with Gasteiger partial charge in [-0.05, 0) is 26.0 Å². The van der Waals surface area contributed by atoms with Gasteiger partial charge >= 0.3 is 0 Å². The monoisotopic (exact) mass is 220 g/mol. The van der Waals surface area contributed by atoms with E-state index < -0.39 is 0 Å². The molecule has 1 heterocycles. The van der Waals surface area contributed by atoms with Crippen molar-refractivity contribution in [1.82, 2.24) is 15.0 Å². The topological polar surface area (TPSA) is 42.7 Å². The molecule has 0 spiro atoms. The van der Waals surface area contributed by atoms with Crippen LogP contribution < -0.4 is 5.32 Å². The Bertz CT molecular complexity index is 519. The van der Waals surface area contributed by atoms with E-state index in [9.17, 15) is 4.39 Å². The lowest BCUT2D eigenvalue weighted by molar-refractivity contribution is 0.624. The van der Waals surface area contributed by atoms with E-state index in [0.717, 1.165) is 17.1 Å². The molecule has 0 aliphatic carbocycles. The molecule has 0 bridgehead atoms. The van der Waals surface area contributed by atoms with Crippen LogP contribution in [0.25, 0.3) is 5.69 Å². The molecular weight excluding hydrogens is 207 g/mol. The quantitative estimate of drug-likeness (QED) is 0.842. The Balaban J connectivity index is 2.62. The van der Waals surface area contributed by atoms with E-state index >= 15 is 0 Å². The fourth-order valence-corrected chi connectivity index (χ4v) is 1.52. The largest absolute Gasteiger partial charge is 0.386 e. The van der Waals surface area contributed by atoms with Crippen molar-refractivity contribution in [2.24, 2.45) is 0 Å². The average Bonchev–Trinajstić information content (AvgIpc) is 2.60. The van der Waals surface area contributed by atoms with Crippen LogP contribution in [-0.4, -0.2) is 22.0 Å². The Kier molecular flexibility index (Phi) is 2.60. The lowest BCUT2D eigenvalue weighted by Crippen LogP contribution is -2.04. The van der Waals surface area contributed by atoms with Gasteiger partial charge in [-0.15, -0.1) is 5.10 Å². The minimum atomic E-state index is -0.290. The third kappa shape index (κ3) is 1.64. The molecule has 84 valence electrons. The second-order valence-electron chi connectivity index (χ2n) is 3.58. The molecule has 4 nitrogen and oxygen atoms in total. The van der Waals surface area contributed by atoms with Crippen molar-refractivity contribution in [1.29, 1.82) is 0 Å². The number of halogens is 1. The van der Waals surface area contributed by atoms with E-state index in [2.05, 4.69) is 15.6 Å². The molecule has 1 aromatic carbocycles. The number of nitrogens with zero attached hydrogens (tertiary/aromatic N) is 3. The predicted octanol–water partition coefficient (Wildman–Crippen LogP) is 2.06. The van der Waals surface area contributed by atoms with Crippen LogP contribution in [0.3, 0.4) is 0 Å². The summed E-state index contributed by atoms with van der Waals surface area (Å²) in [5.74, 6) is -0.290. The smallest absolute Gasteiger partial charge is 0.125 e. The van der Waals surface area contributed by atoms with Crippen LogP contribution in [0.15, 0.2) is 18.2 Å². The van der Waals surface area contributed by atoms with Gasteiger partial charge in [0.1, 0.15) is 5.82 Å². The van der Waals surface area contributed by atoms with Crippen LogP contribution in [0.5, 0.6) is 0 Å². The number of hydrogen-bond acceptors (Lipinski definition) is 3. The number of aromatic nitrogens is 3. The first-order valence-corrected chi connectivity index (χ1v) is 5.00. The van der Waals surface area contributed by atoms with Crippen molar-refractivity contribution in [2.45, 2.75) is 13.8 Å². The van der Waals surface area contributed by atoms with Gasteiger partial charge in [0.2, 0.25) is 0 Å². The SMILES string of the molecule is CNc1ccc(F)cc1-n1nnc(C)c1C. The van der Waals surface area contributed by atoms with Crippen LogP contribution in [0.1, 0.15) is 11.4 Å². The Labute approximate surface area is 93.1 Å². The molecule has 5 heteroatoms. The summed E-state index contributed by atoms with van der Waals surface area (Å²) in [5.41, 5.74) is 3.23. The van der Waals surface area contributed by atoms with Crippen LogP contribution >= 0.6 is 0 Å². The van der Waals surface area contributed by atoms with Crippen molar-refractivity contribution in [2.75, 3.05) is 12.4 Å². The summed E-state index contributed by atoms with van der Waals surface area (Å²) < 4.78 is 14.8. The molecule has 0 unspecified atom stereocenters. The summed E-state index contributed by atoms with van der Waals surface area (Å²) in [6.45, 7) is 3.77. The molecule has 2 rings (SSSR count). The van der Waals surface area contributed by atoms with Crippen LogP contribution in [0, 0.1) is 19.7 Å². The van der Waals surface area contributed by atoms with Crippen molar-refractivity contribution < 1.29 is 4.39 Å². The molecule has 1 N–H and O–H groups in total. The van der Waals surface area contributed by atoms with Gasteiger partial charge in [0.25, 0.3) is 0 Å². The van der Waals surface area contributed by atoms with Gasteiger partial charge in [0.15, 0.2) is 0 Å². The van der Waals surface area contributed by atoms with E-state index in [4.69, 9.17) is 0 Å². The van der Waals surface area contributed by atoms with Gasteiger partial charge < -0.3 is 5.32 Å². The summed E-state index contributed by atoms with van der Waals surface area (Å²) in [7, 11) is 1.79. The standard InChI is InChI=1S/C11H13FN4/c1-7-8(2)16(15-14-7)11-6-9(12)4-5-10(11)13-3/h4-6,13H,1-3H3. The second kappa shape index (κ2) is 3.92. The summed E-state index contributed by atoms with van der Waals surface area (Å²) in [4.78, 5) is 0. The summed E-state index contributed by atoms with van der Waals surface area (Å²) in [6.07, 6.45) is 0. The molecule has 1 aromatic heterocycles. The third-order valence-corrected chi connectivity index (χ3v) is 2.58. The van der Waals surface area contributed by atoms with Gasteiger partial charge in [-0.3, -0.25) is 0 Å². The maximum absolute atomic E-state index is 13.2. The number of anilines is 1. The zero-order valence-corrected chi connectivity index (χ0v) is 9.45. The second-order valence-corrected chi connectivity index (χ2v) is 3.58. The molecule has 0 amide bonds. The first-order valence-electron chi connectivity index (χ1n) is 5.00. The van der Waals surface area contributed by atoms with Gasteiger partial charge in [-0.1, -0.05) is 5.21 Å². The molecule has 0 radical (unpaired) electrons. The predicted molar refractivity (Wildman–Crippen MR) is 60.3 cm³/mol. The highest BCUT2D eigenvalue weighted by molar-refractivity contribution is 5.60. The Morgan fingerprint density at radius 3 is 2.62 bits per heavy atom. The van der Waals surface area contributed by atoms with Gasteiger partial charge in [0.05, 0.1) is 22.8 Å². The van der Waals surface area contributed by atoms with Crippen molar-refractivity contribution in [3.8, 4) is 5.69 Å². The Morgan fingerprint density at radius 2 is 2.06 bits per heavy atom. The van der Waals surface area contributed by atoms with Crippen LogP contribution in [-0.2, 0) is 0 Å². The van der Waals surface area contributed by atoms with E-state index in [1.807, 2.05) is 13.8 Å². The molecular formula is C11H13FN4. The van der Waals surface area contributed by atoms with Gasteiger partial charge in [-0.25, -0.2) is 9.07 Å². The highest BCUT2D eigenvalue weighted by Crippen LogP contribution is 2.22. The number of hydrogen-bond donors (Lipinski definition) is 1. The molecule has 0 saturated carbocycles. The molecule has 0 fully saturated rings. The van der Waals surface area contributed by atoms with Crippen molar-refractivity contribution in [3.63, 3.8) is 0 Å². The number of benzene rings is 1. The molecule has 0 aliphatic heterocycles. The van der Waals surface area contributed by atoms with E-state index in [-0.39, 0.29) is 5.82 Å². The summed E-state index contributed by atoms with van der Waals surface area (Å²) >= 11 is 0. The first kappa shape index (κ1) is 10.6. The zero-order chi connectivity index (χ0) is 11.7. The van der Waals surface area contributed by atoms with E-state index in [1.54, 1.807) is 17.8 Å². The minimum absolute atomic E-state index is 0.290. The molecule has 0 saturated heterocycles. The fraction of sp³-hybridized carbons (Fsp3) is 0.273. The molecule has 2 aromatic rings. The first-order chi connectivity index (χ1) is 7.63. The van der Waals surface area contributed by atoms with Crippen molar-refractivity contribution in [3.05, 3.63) is 35.4 Å². The summed E-state index contributed by atoms with van der Waals surface area (Å²) in [6, 6.07) is 4.53. The highest BCUT2D eigenvalue weighted by atomic mass is 19.1. The van der Waals surface area contributed by atoms with Crippen LogP contribution in [0.4, 0.5) is 10.1 Å². The zero-order valence-electron chi connectivity index (χ0n) is 9.45. The van der Waals surface area contributed by atoms with E-state index in [1.165, 1.54) is 12.1 Å². The Hall–Kier alpha value is -1.91. The van der Waals surface area contributed by atoms with Crippen molar-refractivity contribution >= 4 is 5.69 Å². The maximum atomic E-state index is 13.2. The average molecular weight is 220 g/mol. The molecule has 16 heavy (non-hydrogen) atoms. The normalized spacial score (nSPS) is 10.5. The highest BCUT2D eigenvalue weighted by Gasteiger charge is 2.10.